The van der Waals surface area contributed by atoms with Crippen LogP contribution in [0.1, 0.15) is 39.1 Å². The maximum atomic E-state index is 13.1. The van der Waals surface area contributed by atoms with E-state index >= 15 is 0 Å². The number of hydrogen-bond acceptors (Lipinski definition) is 17. The van der Waals surface area contributed by atoms with E-state index in [4.69, 9.17) is 39.5 Å². The molecule has 2 aliphatic rings. The highest BCUT2D eigenvalue weighted by Gasteiger charge is 2.45. The second-order valence-corrected chi connectivity index (χ2v) is 11.2. The van der Waals surface area contributed by atoms with Crippen molar-refractivity contribution in [2.75, 3.05) is 24.7 Å². The van der Waals surface area contributed by atoms with Crippen molar-refractivity contribution in [2.24, 2.45) is 0 Å². The van der Waals surface area contributed by atoms with Crippen LogP contribution in [0.25, 0.3) is 11.2 Å². The normalized spacial score (nSPS) is 26.4. The van der Waals surface area contributed by atoms with Gasteiger partial charge in [0.25, 0.3) is 5.56 Å². The minimum absolute atomic E-state index is 0.00649. The predicted octanol–water partition coefficient (Wildman–Crippen LogP) is -1.49. The van der Waals surface area contributed by atoms with Crippen LogP contribution in [-0.4, -0.2) is 88.5 Å². The Bertz CT molecular complexity index is 1730. The molecular formula is C22H28N9O12P. The fraction of sp³-hybridized carbons (Fsp3) is 0.545. The summed E-state index contributed by atoms with van der Waals surface area (Å²) in [5.74, 6) is -1.72. The number of nitrogens with one attached hydrogen (secondary N) is 1. The van der Waals surface area contributed by atoms with Gasteiger partial charge in [-0.3, -0.25) is 37.5 Å². The topological polar surface area (TPSA) is 290 Å². The zero-order valence-electron chi connectivity index (χ0n) is 23.2. The Kier molecular flexibility index (Phi) is 8.77. The lowest BCUT2D eigenvalue weighted by Gasteiger charge is -2.23. The van der Waals surface area contributed by atoms with Gasteiger partial charge in [-0.2, -0.15) is 9.97 Å². The number of nitrogens with two attached hydrogens (primary N) is 2. The largest absolute Gasteiger partial charge is 0.472 e. The number of phosphoric acid groups is 1. The molecule has 2 fully saturated rings. The summed E-state index contributed by atoms with van der Waals surface area (Å²) in [6, 6.07) is 0. The molecule has 0 bridgehead atoms. The average Bonchev–Trinajstić information content (AvgIpc) is 3.63. The first-order chi connectivity index (χ1) is 20.8. The van der Waals surface area contributed by atoms with E-state index in [2.05, 4.69) is 24.9 Å². The standard InChI is InChI=1S/C22H28N9O12P/c1-9(32)38-5-13-12(4-16(41-13)31-8-26-20(23)29-22(31)35)43-44(36,37)39-6-14-11(40-10(2)33)3-15(42-14)30-7-25-17-18(30)27-21(24)28-19(17)34/h7-8,11-16H,3-6H2,1-2H3,(H,36,37)(H2,23,29,35)(H3,24,27,28,34)/t11?,12-,13-,14-,15-,16-/m1/s1. The molecule has 21 nitrogen and oxygen atoms in total. The number of carbonyl (C=O) groups excluding carboxylic acids is 2. The number of H-pyrrole nitrogens is 1. The van der Waals surface area contributed by atoms with Crippen LogP contribution in [0.15, 0.2) is 22.2 Å². The molecule has 3 aromatic heterocycles. The van der Waals surface area contributed by atoms with Gasteiger partial charge in [-0.15, -0.1) is 0 Å². The third-order valence-electron chi connectivity index (χ3n) is 6.62. The van der Waals surface area contributed by atoms with Crippen LogP contribution in [0.4, 0.5) is 11.9 Å². The van der Waals surface area contributed by atoms with E-state index in [-0.39, 0.29) is 42.5 Å². The molecule has 6 N–H and O–H groups in total. The summed E-state index contributed by atoms with van der Waals surface area (Å²) in [6.07, 6.45) is -3.96. The fourth-order valence-corrected chi connectivity index (χ4v) is 5.73. The number of ether oxygens (including phenoxy) is 4. The fourth-order valence-electron chi connectivity index (χ4n) is 4.77. The second-order valence-electron chi connectivity index (χ2n) is 9.77. The molecule has 0 aromatic carbocycles. The number of carbonyl (C=O) groups is 2. The molecular weight excluding hydrogens is 613 g/mol. The highest BCUT2D eigenvalue weighted by Crippen LogP contribution is 2.49. The molecule has 22 heteroatoms. The van der Waals surface area contributed by atoms with Crippen molar-refractivity contribution in [3.8, 4) is 0 Å². The van der Waals surface area contributed by atoms with Gasteiger partial charge in [-0.1, -0.05) is 0 Å². The zero-order valence-corrected chi connectivity index (χ0v) is 24.1. The number of aromatic amines is 1. The second kappa shape index (κ2) is 12.4. The predicted molar refractivity (Wildman–Crippen MR) is 143 cm³/mol. The molecule has 0 amide bonds. The van der Waals surface area contributed by atoms with Gasteiger partial charge in [-0.05, 0) is 0 Å². The van der Waals surface area contributed by atoms with Gasteiger partial charge in [0.2, 0.25) is 11.9 Å². The lowest BCUT2D eigenvalue weighted by Crippen LogP contribution is -2.32. The first-order valence-electron chi connectivity index (χ1n) is 13.0. The molecule has 2 saturated heterocycles. The number of imidazole rings is 1. The van der Waals surface area contributed by atoms with Crippen LogP contribution in [-0.2, 0) is 42.1 Å². The summed E-state index contributed by atoms with van der Waals surface area (Å²) >= 11 is 0. The van der Waals surface area contributed by atoms with Crippen LogP contribution in [0.5, 0.6) is 0 Å². The molecule has 0 spiro atoms. The molecule has 44 heavy (non-hydrogen) atoms. The van der Waals surface area contributed by atoms with Crippen molar-refractivity contribution in [3.05, 3.63) is 33.5 Å². The monoisotopic (exact) mass is 641 g/mol. The molecule has 0 saturated carbocycles. The van der Waals surface area contributed by atoms with Gasteiger partial charge in [0, 0.05) is 26.7 Å². The number of nitrogens with zero attached hydrogens (tertiary/aromatic N) is 6. The molecule has 5 rings (SSSR count). The molecule has 0 aliphatic carbocycles. The van der Waals surface area contributed by atoms with Gasteiger partial charge in [-0.25, -0.2) is 19.3 Å². The Morgan fingerprint density at radius 3 is 2.36 bits per heavy atom. The molecule has 2 unspecified atom stereocenters. The number of aromatic nitrogens is 7. The molecule has 3 aromatic rings. The lowest BCUT2D eigenvalue weighted by atomic mass is 10.2. The van der Waals surface area contributed by atoms with Gasteiger partial charge in [0.15, 0.2) is 11.2 Å². The van der Waals surface area contributed by atoms with Gasteiger partial charge < -0.3 is 35.3 Å². The van der Waals surface area contributed by atoms with E-state index in [1.807, 2.05) is 0 Å². The lowest BCUT2D eigenvalue weighted by molar-refractivity contribution is -0.150. The number of esters is 2. The number of rotatable bonds is 10. The van der Waals surface area contributed by atoms with Crippen molar-refractivity contribution in [1.82, 2.24) is 34.1 Å². The Morgan fingerprint density at radius 1 is 1.02 bits per heavy atom. The highest BCUT2D eigenvalue weighted by molar-refractivity contribution is 7.47. The Hall–Kier alpha value is -4.27. The maximum Gasteiger partial charge on any atom is 0.472 e. The van der Waals surface area contributed by atoms with Crippen molar-refractivity contribution in [3.63, 3.8) is 0 Å². The molecule has 238 valence electrons. The summed E-state index contributed by atoms with van der Waals surface area (Å²) in [4.78, 5) is 75.9. The number of phosphoric ester groups is 1. The summed E-state index contributed by atoms with van der Waals surface area (Å²) in [6.45, 7) is 1.38. The summed E-state index contributed by atoms with van der Waals surface area (Å²) in [7, 11) is -4.88. The molecule has 7 atom stereocenters. The molecule has 5 heterocycles. The van der Waals surface area contributed by atoms with Gasteiger partial charge >= 0.3 is 25.5 Å². The Balaban J connectivity index is 1.29. The van der Waals surface area contributed by atoms with Crippen molar-refractivity contribution < 1.29 is 47.0 Å². The Labute approximate surface area is 246 Å². The van der Waals surface area contributed by atoms with Crippen LogP contribution >= 0.6 is 7.82 Å². The Morgan fingerprint density at radius 2 is 1.68 bits per heavy atom. The van der Waals surface area contributed by atoms with Crippen LogP contribution < -0.4 is 22.7 Å². The number of nitrogen functional groups attached to an aromatic ring is 2. The van der Waals surface area contributed by atoms with E-state index in [1.165, 1.54) is 17.8 Å². The SMILES string of the molecule is CC(=O)OC[C@H]1O[C@@H](n2cnc(N)nc2=O)C[C@H]1OP(=O)(O)OC[C@H]1O[C@@H](n2cnc3c(=O)[nH]c(N)nc32)CC1OC(C)=O. The average molecular weight is 641 g/mol. The van der Waals surface area contributed by atoms with Crippen molar-refractivity contribution in [1.29, 1.82) is 0 Å². The van der Waals surface area contributed by atoms with E-state index in [0.29, 0.717) is 0 Å². The number of anilines is 2. The number of hydrogen-bond donors (Lipinski definition) is 4. The van der Waals surface area contributed by atoms with E-state index in [9.17, 15) is 28.6 Å². The molecule has 2 aliphatic heterocycles. The minimum atomic E-state index is -4.88. The molecule has 0 radical (unpaired) electrons. The smallest absolute Gasteiger partial charge is 0.463 e. The van der Waals surface area contributed by atoms with Gasteiger partial charge in [0.05, 0.1) is 12.9 Å². The summed E-state index contributed by atoms with van der Waals surface area (Å²) < 4.78 is 48.1. The summed E-state index contributed by atoms with van der Waals surface area (Å²) in [5.41, 5.74) is 9.82. The van der Waals surface area contributed by atoms with E-state index in [1.54, 1.807) is 0 Å². The zero-order chi connectivity index (χ0) is 31.8. The first-order valence-corrected chi connectivity index (χ1v) is 14.5. The van der Waals surface area contributed by atoms with Crippen LogP contribution in [0, 0.1) is 0 Å². The first kappa shape index (κ1) is 31.2. The van der Waals surface area contributed by atoms with Crippen LogP contribution in [0.2, 0.25) is 0 Å². The highest BCUT2D eigenvalue weighted by atomic mass is 31.2. The van der Waals surface area contributed by atoms with Crippen molar-refractivity contribution in [2.45, 2.75) is 63.6 Å². The maximum absolute atomic E-state index is 13.1. The van der Waals surface area contributed by atoms with E-state index in [0.717, 1.165) is 17.8 Å². The van der Waals surface area contributed by atoms with E-state index < -0.39 is 74.5 Å². The minimum Gasteiger partial charge on any atom is -0.463 e. The van der Waals surface area contributed by atoms with Crippen LogP contribution in [0.3, 0.4) is 0 Å². The number of fused-ring (bicyclic) bond motifs is 1. The van der Waals surface area contributed by atoms with Crippen molar-refractivity contribution >= 4 is 42.8 Å². The quantitative estimate of drug-likeness (QED) is 0.145. The third kappa shape index (κ3) is 6.93. The third-order valence-corrected chi connectivity index (χ3v) is 7.63. The summed E-state index contributed by atoms with van der Waals surface area (Å²) in [5, 5.41) is 0. The van der Waals surface area contributed by atoms with Gasteiger partial charge in [0.1, 0.15) is 49.8 Å².